The third kappa shape index (κ3) is 5.24. The number of amides is 2. The van der Waals surface area contributed by atoms with Crippen molar-refractivity contribution in [2.45, 2.75) is 33.2 Å². The van der Waals surface area contributed by atoms with E-state index < -0.39 is 12.0 Å². The van der Waals surface area contributed by atoms with E-state index in [4.69, 9.17) is 5.11 Å². The van der Waals surface area contributed by atoms with Crippen LogP contribution in [-0.4, -0.2) is 41.6 Å². The molecule has 0 aromatic carbocycles. The van der Waals surface area contributed by atoms with E-state index in [1.165, 1.54) is 11.8 Å². The van der Waals surface area contributed by atoms with E-state index in [0.717, 1.165) is 6.42 Å². The summed E-state index contributed by atoms with van der Waals surface area (Å²) in [6.07, 6.45) is 0.992. The molecule has 0 spiro atoms. The first-order chi connectivity index (χ1) is 6.88. The third-order valence-electron chi connectivity index (χ3n) is 2.34. The van der Waals surface area contributed by atoms with Crippen LogP contribution in [0.25, 0.3) is 0 Å². The molecule has 15 heavy (non-hydrogen) atoms. The SMILES string of the molecule is CCC(C)CN(C)C(=O)N[C@@H](C)C(=O)O. The summed E-state index contributed by atoms with van der Waals surface area (Å²) in [5, 5.41) is 11.0. The van der Waals surface area contributed by atoms with E-state index in [1.54, 1.807) is 7.05 Å². The summed E-state index contributed by atoms with van der Waals surface area (Å²) in [6, 6.07) is -1.19. The van der Waals surface area contributed by atoms with E-state index in [9.17, 15) is 9.59 Å². The fraction of sp³-hybridized carbons (Fsp3) is 0.800. The van der Waals surface area contributed by atoms with Crippen LogP contribution in [0.15, 0.2) is 0 Å². The van der Waals surface area contributed by atoms with Crippen molar-refractivity contribution in [3.8, 4) is 0 Å². The van der Waals surface area contributed by atoms with Crippen molar-refractivity contribution in [3.63, 3.8) is 0 Å². The van der Waals surface area contributed by atoms with Crippen molar-refractivity contribution in [3.05, 3.63) is 0 Å². The molecule has 0 aromatic rings. The van der Waals surface area contributed by atoms with Gasteiger partial charge in [0.2, 0.25) is 0 Å². The fourth-order valence-corrected chi connectivity index (χ4v) is 1.04. The Morgan fingerprint density at radius 3 is 2.33 bits per heavy atom. The highest BCUT2D eigenvalue weighted by Gasteiger charge is 2.17. The molecule has 0 aliphatic rings. The first-order valence-electron chi connectivity index (χ1n) is 5.12. The standard InChI is InChI=1S/C10H20N2O3/c1-5-7(2)6-12(4)10(15)11-8(3)9(13)14/h7-8H,5-6H2,1-4H3,(H,11,15)(H,13,14)/t7?,8-/m0/s1. The highest BCUT2D eigenvalue weighted by atomic mass is 16.4. The van der Waals surface area contributed by atoms with Crippen molar-refractivity contribution < 1.29 is 14.7 Å². The Morgan fingerprint density at radius 2 is 1.93 bits per heavy atom. The van der Waals surface area contributed by atoms with Crippen LogP contribution in [0.1, 0.15) is 27.2 Å². The van der Waals surface area contributed by atoms with Gasteiger partial charge >= 0.3 is 12.0 Å². The van der Waals surface area contributed by atoms with Gasteiger partial charge in [-0.05, 0) is 12.8 Å². The molecule has 5 nitrogen and oxygen atoms in total. The van der Waals surface area contributed by atoms with Crippen molar-refractivity contribution >= 4 is 12.0 Å². The zero-order chi connectivity index (χ0) is 12.0. The number of rotatable bonds is 5. The van der Waals surface area contributed by atoms with Crippen LogP contribution in [0.4, 0.5) is 4.79 Å². The molecular weight excluding hydrogens is 196 g/mol. The van der Waals surface area contributed by atoms with Gasteiger partial charge in [0, 0.05) is 13.6 Å². The Kier molecular flexibility index (Phi) is 5.74. The second kappa shape index (κ2) is 6.27. The molecule has 2 atom stereocenters. The molecule has 0 radical (unpaired) electrons. The number of nitrogens with zero attached hydrogens (tertiary/aromatic N) is 1. The van der Waals surface area contributed by atoms with Gasteiger partial charge in [0.25, 0.3) is 0 Å². The van der Waals surface area contributed by atoms with E-state index >= 15 is 0 Å². The second-order valence-corrected chi connectivity index (χ2v) is 3.90. The minimum Gasteiger partial charge on any atom is -0.480 e. The molecule has 1 unspecified atom stereocenters. The maximum atomic E-state index is 11.5. The number of aliphatic carboxylic acids is 1. The molecule has 0 bridgehead atoms. The summed E-state index contributed by atoms with van der Waals surface area (Å²) in [4.78, 5) is 23.5. The van der Waals surface area contributed by atoms with Crippen molar-refractivity contribution in [1.29, 1.82) is 0 Å². The Balaban J connectivity index is 4.04. The summed E-state index contributed by atoms with van der Waals surface area (Å²) in [5.74, 6) is -0.610. The molecular formula is C10H20N2O3. The zero-order valence-electron chi connectivity index (χ0n) is 9.78. The van der Waals surface area contributed by atoms with Gasteiger partial charge in [0.05, 0.1) is 0 Å². The van der Waals surface area contributed by atoms with E-state index in [-0.39, 0.29) is 6.03 Å². The quantitative estimate of drug-likeness (QED) is 0.724. The Bertz CT molecular complexity index is 231. The van der Waals surface area contributed by atoms with Crippen molar-refractivity contribution in [2.24, 2.45) is 5.92 Å². The summed E-state index contributed by atoms with van der Waals surface area (Å²) in [5.41, 5.74) is 0. The minimum absolute atomic E-state index is 0.342. The minimum atomic E-state index is -1.03. The average Bonchev–Trinajstić information content (AvgIpc) is 2.16. The van der Waals surface area contributed by atoms with Crippen molar-refractivity contribution in [2.75, 3.05) is 13.6 Å². The molecule has 0 saturated heterocycles. The molecule has 2 N–H and O–H groups in total. The first kappa shape index (κ1) is 13.7. The largest absolute Gasteiger partial charge is 0.480 e. The van der Waals surface area contributed by atoms with Crippen LogP contribution in [0.3, 0.4) is 0 Å². The summed E-state index contributed by atoms with van der Waals surface area (Å²) < 4.78 is 0. The number of hydrogen-bond acceptors (Lipinski definition) is 2. The lowest BCUT2D eigenvalue weighted by atomic mass is 10.1. The molecule has 0 saturated carbocycles. The summed E-state index contributed by atoms with van der Waals surface area (Å²) in [7, 11) is 1.66. The predicted octanol–water partition coefficient (Wildman–Crippen LogP) is 1.15. The van der Waals surface area contributed by atoms with Gasteiger partial charge in [0.1, 0.15) is 6.04 Å². The molecule has 0 rings (SSSR count). The van der Waals surface area contributed by atoms with Crippen LogP contribution < -0.4 is 5.32 Å². The molecule has 5 heteroatoms. The molecule has 0 heterocycles. The fourth-order valence-electron chi connectivity index (χ4n) is 1.04. The Morgan fingerprint density at radius 1 is 1.40 bits per heavy atom. The predicted molar refractivity (Wildman–Crippen MR) is 57.7 cm³/mol. The maximum Gasteiger partial charge on any atom is 0.325 e. The lowest BCUT2D eigenvalue weighted by Gasteiger charge is -2.22. The molecule has 0 aromatic heterocycles. The van der Waals surface area contributed by atoms with Crippen LogP contribution in [0, 0.1) is 5.92 Å². The summed E-state index contributed by atoms with van der Waals surface area (Å²) >= 11 is 0. The highest BCUT2D eigenvalue weighted by Crippen LogP contribution is 2.02. The van der Waals surface area contributed by atoms with Crippen LogP contribution in [0.5, 0.6) is 0 Å². The van der Waals surface area contributed by atoms with E-state index in [2.05, 4.69) is 12.2 Å². The number of carbonyl (C=O) groups excluding carboxylic acids is 1. The number of urea groups is 1. The highest BCUT2D eigenvalue weighted by molar-refractivity contribution is 5.82. The van der Waals surface area contributed by atoms with E-state index in [1.807, 2.05) is 6.92 Å². The molecule has 88 valence electrons. The first-order valence-corrected chi connectivity index (χ1v) is 5.12. The van der Waals surface area contributed by atoms with Gasteiger partial charge in [-0.15, -0.1) is 0 Å². The van der Waals surface area contributed by atoms with Gasteiger partial charge < -0.3 is 15.3 Å². The van der Waals surface area contributed by atoms with Crippen LogP contribution in [-0.2, 0) is 4.79 Å². The number of nitrogens with one attached hydrogen (secondary N) is 1. The van der Waals surface area contributed by atoms with E-state index in [0.29, 0.717) is 12.5 Å². The lowest BCUT2D eigenvalue weighted by molar-refractivity contribution is -0.138. The molecule has 0 aliphatic carbocycles. The smallest absolute Gasteiger partial charge is 0.325 e. The number of carboxylic acid groups (broad SMARTS) is 1. The third-order valence-corrected chi connectivity index (χ3v) is 2.34. The molecule has 2 amide bonds. The van der Waals surface area contributed by atoms with Gasteiger partial charge in [0.15, 0.2) is 0 Å². The normalized spacial score (nSPS) is 14.1. The van der Waals surface area contributed by atoms with Gasteiger partial charge in [-0.1, -0.05) is 20.3 Å². The van der Waals surface area contributed by atoms with Crippen LogP contribution >= 0.6 is 0 Å². The lowest BCUT2D eigenvalue weighted by Crippen LogP contribution is -2.46. The summed E-state index contributed by atoms with van der Waals surface area (Å²) in [6.45, 7) is 6.17. The molecule has 0 fully saturated rings. The zero-order valence-corrected chi connectivity index (χ0v) is 9.78. The average molecular weight is 216 g/mol. The Hall–Kier alpha value is -1.26. The second-order valence-electron chi connectivity index (χ2n) is 3.90. The Labute approximate surface area is 90.5 Å². The van der Waals surface area contributed by atoms with Gasteiger partial charge in [-0.3, -0.25) is 4.79 Å². The van der Waals surface area contributed by atoms with Gasteiger partial charge in [-0.25, -0.2) is 4.79 Å². The monoisotopic (exact) mass is 216 g/mol. The van der Waals surface area contributed by atoms with Crippen molar-refractivity contribution in [1.82, 2.24) is 10.2 Å². The number of carbonyl (C=O) groups is 2. The van der Waals surface area contributed by atoms with Crippen LogP contribution in [0.2, 0.25) is 0 Å². The topological polar surface area (TPSA) is 69.6 Å². The number of hydrogen-bond donors (Lipinski definition) is 2. The maximum absolute atomic E-state index is 11.5. The molecule has 0 aliphatic heterocycles. The van der Waals surface area contributed by atoms with Gasteiger partial charge in [-0.2, -0.15) is 0 Å². The number of carboxylic acids is 1.